The van der Waals surface area contributed by atoms with E-state index in [4.69, 9.17) is 4.98 Å². The van der Waals surface area contributed by atoms with Gasteiger partial charge in [-0.3, -0.25) is 4.79 Å². The Labute approximate surface area is 136 Å². The van der Waals surface area contributed by atoms with Crippen molar-refractivity contribution in [3.8, 4) is 11.3 Å². The van der Waals surface area contributed by atoms with E-state index >= 15 is 0 Å². The van der Waals surface area contributed by atoms with Crippen LogP contribution in [-0.2, 0) is 4.79 Å². The number of carbonyl (C=O) groups excluding carboxylic acids is 1. The summed E-state index contributed by atoms with van der Waals surface area (Å²) in [5.41, 5.74) is 2.79. The molecule has 4 nitrogen and oxygen atoms in total. The zero-order valence-electron chi connectivity index (χ0n) is 13.6. The minimum atomic E-state index is -0.0304. The Morgan fingerprint density at radius 2 is 2.05 bits per heavy atom. The van der Waals surface area contributed by atoms with Crippen molar-refractivity contribution < 1.29 is 4.79 Å². The molecule has 118 valence electrons. The third-order valence-corrected chi connectivity index (χ3v) is 4.38. The number of carbonyl (C=O) groups is 1. The second-order valence-electron chi connectivity index (χ2n) is 5.41. The molecular weight excluding hydrogens is 294 g/mol. The summed E-state index contributed by atoms with van der Waals surface area (Å²) < 4.78 is 0. The molecule has 0 aliphatic heterocycles. The standard InChI is InChI=1S/C17H23N3OS/c1-5-20(6-2)17-19-15(11-22-17)13-8-7-9-14(10-13)18-16(21)12(3)4/h7-12H,5-6H2,1-4H3,(H,18,21). The summed E-state index contributed by atoms with van der Waals surface area (Å²) in [5.74, 6) is -0.00328. The molecule has 0 aliphatic rings. The van der Waals surface area contributed by atoms with Crippen LogP contribution in [0.5, 0.6) is 0 Å². The quantitative estimate of drug-likeness (QED) is 0.866. The van der Waals surface area contributed by atoms with Gasteiger partial charge in [0.15, 0.2) is 5.13 Å². The Kier molecular flexibility index (Phi) is 5.55. The zero-order chi connectivity index (χ0) is 16.1. The summed E-state index contributed by atoms with van der Waals surface area (Å²) in [6.45, 7) is 9.94. The van der Waals surface area contributed by atoms with Gasteiger partial charge >= 0.3 is 0 Å². The SMILES string of the molecule is CCN(CC)c1nc(-c2cccc(NC(=O)C(C)C)c2)cs1. The van der Waals surface area contributed by atoms with Gasteiger partial charge in [0.1, 0.15) is 0 Å². The molecule has 0 unspecified atom stereocenters. The lowest BCUT2D eigenvalue weighted by molar-refractivity contribution is -0.118. The summed E-state index contributed by atoms with van der Waals surface area (Å²) in [6.07, 6.45) is 0. The van der Waals surface area contributed by atoms with Crippen LogP contribution in [0, 0.1) is 5.92 Å². The number of thiazole rings is 1. The maximum atomic E-state index is 11.8. The Balaban J connectivity index is 2.21. The smallest absolute Gasteiger partial charge is 0.226 e. The van der Waals surface area contributed by atoms with E-state index in [-0.39, 0.29) is 11.8 Å². The topological polar surface area (TPSA) is 45.2 Å². The van der Waals surface area contributed by atoms with E-state index < -0.39 is 0 Å². The largest absolute Gasteiger partial charge is 0.349 e. The van der Waals surface area contributed by atoms with Gasteiger partial charge in [-0.25, -0.2) is 4.98 Å². The van der Waals surface area contributed by atoms with Crippen LogP contribution in [-0.4, -0.2) is 24.0 Å². The number of aromatic nitrogens is 1. The Morgan fingerprint density at radius 1 is 1.32 bits per heavy atom. The highest BCUT2D eigenvalue weighted by atomic mass is 32.1. The van der Waals surface area contributed by atoms with E-state index in [1.54, 1.807) is 11.3 Å². The first-order chi connectivity index (χ1) is 10.5. The monoisotopic (exact) mass is 317 g/mol. The molecule has 22 heavy (non-hydrogen) atoms. The van der Waals surface area contributed by atoms with Crippen molar-refractivity contribution >= 4 is 28.1 Å². The molecule has 0 bridgehead atoms. The molecule has 0 saturated heterocycles. The molecule has 2 rings (SSSR count). The van der Waals surface area contributed by atoms with E-state index in [9.17, 15) is 4.79 Å². The van der Waals surface area contributed by atoms with Gasteiger partial charge in [0.05, 0.1) is 5.69 Å². The van der Waals surface area contributed by atoms with Crippen molar-refractivity contribution in [2.45, 2.75) is 27.7 Å². The van der Waals surface area contributed by atoms with Gasteiger partial charge in [0, 0.05) is 35.6 Å². The van der Waals surface area contributed by atoms with Gasteiger partial charge in [-0.2, -0.15) is 0 Å². The normalized spacial score (nSPS) is 10.8. The molecule has 2 aromatic rings. The minimum absolute atomic E-state index is 0.0271. The average molecular weight is 317 g/mol. The maximum absolute atomic E-state index is 11.8. The molecule has 1 aromatic heterocycles. The van der Waals surface area contributed by atoms with Crippen molar-refractivity contribution in [3.63, 3.8) is 0 Å². The van der Waals surface area contributed by atoms with Gasteiger partial charge in [0.25, 0.3) is 0 Å². The fourth-order valence-electron chi connectivity index (χ4n) is 2.08. The van der Waals surface area contributed by atoms with Gasteiger partial charge in [-0.05, 0) is 26.0 Å². The van der Waals surface area contributed by atoms with Crippen LogP contribution < -0.4 is 10.2 Å². The number of nitrogens with one attached hydrogen (secondary N) is 1. The molecule has 0 radical (unpaired) electrons. The molecule has 1 amide bonds. The van der Waals surface area contributed by atoms with Gasteiger partial charge in [-0.15, -0.1) is 11.3 Å². The highest BCUT2D eigenvalue weighted by Crippen LogP contribution is 2.28. The molecule has 5 heteroatoms. The number of hydrogen-bond acceptors (Lipinski definition) is 4. The number of hydrogen-bond donors (Lipinski definition) is 1. The van der Waals surface area contributed by atoms with Crippen molar-refractivity contribution in [2.75, 3.05) is 23.3 Å². The molecule has 1 aromatic carbocycles. The van der Waals surface area contributed by atoms with Crippen molar-refractivity contribution in [1.82, 2.24) is 4.98 Å². The number of nitrogens with zero attached hydrogens (tertiary/aromatic N) is 2. The summed E-state index contributed by atoms with van der Waals surface area (Å²) in [6, 6.07) is 7.84. The summed E-state index contributed by atoms with van der Waals surface area (Å²) in [5, 5.41) is 6.03. The van der Waals surface area contributed by atoms with Crippen molar-refractivity contribution in [1.29, 1.82) is 0 Å². The Morgan fingerprint density at radius 3 is 2.68 bits per heavy atom. The van der Waals surface area contributed by atoms with Crippen LogP contribution in [0.1, 0.15) is 27.7 Å². The zero-order valence-corrected chi connectivity index (χ0v) is 14.4. The molecule has 1 N–H and O–H groups in total. The fourth-order valence-corrected chi connectivity index (χ4v) is 3.04. The first-order valence-electron chi connectivity index (χ1n) is 7.66. The van der Waals surface area contributed by atoms with Crippen molar-refractivity contribution in [3.05, 3.63) is 29.6 Å². The number of amides is 1. The third kappa shape index (κ3) is 3.85. The van der Waals surface area contributed by atoms with Crippen LogP contribution in [0.3, 0.4) is 0 Å². The molecule has 0 aliphatic carbocycles. The Bertz CT molecular complexity index is 632. The Hall–Kier alpha value is -1.88. The lowest BCUT2D eigenvalue weighted by atomic mass is 10.1. The summed E-state index contributed by atoms with van der Waals surface area (Å²) in [7, 11) is 0. The van der Waals surface area contributed by atoms with Gasteiger partial charge in [0.2, 0.25) is 5.91 Å². The fraction of sp³-hybridized carbons (Fsp3) is 0.412. The lowest BCUT2D eigenvalue weighted by Gasteiger charge is -2.16. The molecular formula is C17H23N3OS. The van der Waals surface area contributed by atoms with E-state index in [1.807, 2.05) is 38.1 Å². The van der Waals surface area contributed by atoms with Gasteiger partial charge in [-0.1, -0.05) is 26.0 Å². The first kappa shape index (κ1) is 16.5. The highest BCUT2D eigenvalue weighted by Gasteiger charge is 2.11. The summed E-state index contributed by atoms with van der Waals surface area (Å²) >= 11 is 1.65. The van der Waals surface area contributed by atoms with E-state index in [0.717, 1.165) is 35.2 Å². The average Bonchev–Trinajstić information content (AvgIpc) is 2.98. The van der Waals surface area contributed by atoms with Crippen molar-refractivity contribution in [2.24, 2.45) is 5.92 Å². The first-order valence-corrected chi connectivity index (χ1v) is 8.54. The van der Waals surface area contributed by atoms with Crippen LogP contribution in [0.4, 0.5) is 10.8 Å². The predicted octanol–water partition coefficient (Wildman–Crippen LogP) is 4.25. The van der Waals surface area contributed by atoms with E-state index in [2.05, 4.69) is 29.4 Å². The molecule has 1 heterocycles. The highest BCUT2D eigenvalue weighted by molar-refractivity contribution is 7.14. The van der Waals surface area contributed by atoms with E-state index in [1.165, 1.54) is 0 Å². The number of benzene rings is 1. The predicted molar refractivity (Wildman–Crippen MR) is 94.6 cm³/mol. The third-order valence-electron chi connectivity index (χ3n) is 3.48. The second kappa shape index (κ2) is 7.40. The molecule has 0 fully saturated rings. The van der Waals surface area contributed by atoms with E-state index in [0.29, 0.717) is 0 Å². The molecule has 0 atom stereocenters. The van der Waals surface area contributed by atoms with Crippen LogP contribution in [0.25, 0.3) is 11.3 Å². The lowest BCUT2D eigenvalue weighted by Crippen LogP contribution is -2.21. The van der Waals surface area contributed by atoms with Crippen LogP contribution in [0.15, 0.2) is 29.6 Å². The minimum Gasteiger partial charge on any atom is -0.349 e. The van der Waals surface area contributed by atoms with Crippen LogP contribution >= 0.6 is 11.3 Å². The van der Waals surface area contributed by atoms with Crippen LogP contribution in [0.2, 0.25) is 0 Å². The molecule has 0 saturated carbocycles. The summed E-state index contributed by atoms with van der Waals surface area (Å²) in [4.78, 5) is 18.7. The maximum Gasteiger partial charge on any atom is 0.226 e. The number of rotatable bonds is 6. The number of anilines is 2. The second-order valence-corrected chi connectivity index (χ2v) is 6.25. The van der Waals surface area contributed by atoms with Gasteiger partial charge < -0.3 is 10.2 Å². The molecule has 0 spiro atoms.